The van der Waals surface area contributed by atoms with Crippen LogP contribution in [0.25, 0.3) is 93.1 Å². The van der Waals surface area contributed by atoms with Crippen LogP contribution in [-0.2, 0) is 7.05 Å². The molecule has 0 saturated heterocycles. The van der Waals surface area contributed by atoms with Crippen LogP contribution in [-0.4, -0.2) is 27.4 Å². The van der Waals surface area contributed by atoms with Crippen LogP contribution in [0.2, 0.25) is 0 Å². The lowest BCUT2D eigenvalue weighted by atomic mass is 10.1. The lowest BCUT2D eigenvalue weighted by Gasteiger charge is -2.08. The third-order valence-electron chi connectivity index (χ3n) is 13.9. The van der Waals surface area contributed by atoms with Crippen molar-refractivity contribution in [3.05, 3.63) is 263 Å². The fourth-order valence-electron chi connectivity index (χ4n) is 10.1. The molecule has 19 heteroatoms. The molecule has 13 aromatic rings. The second kappa shape index (κ2) is 15.3. The zero-order chi connectivity index (χ0) is 52.2. The predicted octanol–water partition coefficient (Wildman–Crippen LogP) is 2.95. The van der Waals surface area contributed by atoms with Crippen molar-refractivity contribution in [2.75, 3.05) is 0 Å². The average molecular weight is 993 g/mol. The van der Waals surface area contributed by atoms with E-state index in [4.69, 9.17) is 4.74 Å². The summed E-state index contributed by atoms with van der Waals surface area (Å²) in [7, 11) is 1.32. The normalized spacial score (nSPS) is 12.0. The standard InChI is InChI=1S/C56H28N6O13/c1-25-6-8-26(9-7-25)58-49(67)37-21-41-42(22-38(37)50(58)68)54(72)61(53(41)71)29-4-3-5-30(18-29)62-55(73)43-23-39-40(24-44(43)56(62)74)52(70)60(51(39)69)28-12-16-32(17-13-28)75-31-14-10-27(11-15-31)59-47(65)35-19-33-34(20-36(35)48(59)66)46(64)57(2)45(33)63/h3-24H,1-2H3. The third kappa shape index (κ3) is 6.08. The molecule has 0 aliphatic carbocycles. The lowest BCUT2D eigenvalue weighted by Crippen LogP contribution is -2.26. The number of nitrogens with zero attached hydrogens (tertiary/aromatic N) is 6. The zero-order valence-electron chi connectivity index (χ0n) is 38.7. The summed E-state index contributed by atoms with van der Waals surface area (Å²) in [4.78, 5) is 162. The van der Waals surface area contributed by atoms with Crippen molar-refractivity contribution in [2.45, 2.75) is 6.92 Å². The first-order valence-electron chi connectivity index (χ1n) is 22.9. The molecule has 0 aliphatic heterocycles. The molecule has 0 fully saturated rings. The van der Waals surface area contributed by atoms with Gasteiger partial charge in [0.25, 0.3) is 66.7 Å². The molecule has 0 saturated carbocycles. The summed E-state index contributed by atoms with van der Waals surface area (Å²) in [6.07, 6.45) is 0. The van der Waals surface area contributed by atoms with Gasteiger partial charge >= 0.3 is 0 Å². The maximum Gasteiger partial charge on any atom is 0.266 e. The molecule has 0 atom stereocenters. The molecule has 75 heavy (non-hydrogen) atoms. The summed E-state index contributed by atoms with van der Waals surface area (Å²) in [6, 6.07) is 31.4. The molecule has 13 rings (SSSR count). The molecule has 0 radical (unpaired) electrons. The Morgan fingerprint density at radius 2 is 0.493 bits per heavy atom. The number of aromatic nitrogens is 6. The minimum Gasteiger partial charge on any atom is -0.457 e. The van der Waals surface area contributed by atoms with Gasteiger partial charge in [0.15, 0.2) is 0 Å². The van der Waals surface area contributed by atoms with E-state index in [1.165, 1.54) is 116 Å². The van der Waals surface area contributed by atoms with Crippen molar-refractivity contribution < 1.29 is 4.74 Å². The van der Waals surface area contributed by atoms with Crippen molar-refractivity contribution in [1.82, 2.24) is 27.4 Å². The fraction of sp³-hybridized carbons (Fsp3) is 0.0357. The first kappa shape index (κ1) is 44.1. The Bertz CT molecular complexity index is 5200. The van der Waals surface area contributed by atoms with E-state index in [-0.39, 0.29) is 93.1 Å². The Labute approximate surface area is 412 Å². The van der Waals surface area contributed by atoms with Crippen molar-refractivity contribution in [3.63, 3.8) is 0 Å². The molecule has 360 valence electrons. The van der Waals surface area contributed by atoms with Crippen LogP contribution < -0.4 is 71.4 Å². The summed E-state index contributed by atoms with van der Waals surface area (Å²) in [5.74, 6) is 0.573. The molecule has 0 N–H and O–H groups in total. The Hall–Kier alpha value is -10.8. The van der Waals surface area contributed by atoms with E-state index < -0.39 is 66.7 Å². The van der Waals surface area contributed by atoms with Crippen LogP contribution >= 0.6 is 0 Å². The van der Waals surface area contributed by atoms with Crippen LogP contribution in [0.5, 0.6) is 11.5 Å². The maximum atomic E-state index is 14.0. The summed E-state index contributed by atoms with van der Waals surface area (Å²) in [5.41, 5.74) is -7.10. The molecule has 6 aromatic heterocycles. The number of hydrogen-bond acceptors (Lipinski definition) is 13. The van der Waals surface area contributed by atoms with Crippen LogP contribution in [0.1, 0.15) is 5.56 Å². The minimum absolute atomic E-state index is 0.00543. The number of rotatable bonds is 7. The van der Waals surface area contributed by atoms with E-state index in [0.717, 1.165) is 33.0 Å². The highest BCUT2D eigenvalue weighted by atomic mass is 16.5. The van der Waals surface area contributed by atoms with Crippen LogP contribution in [0.15, 0.2) is 191 Å². The first-order valence-corrected chi connectivity index (χ1v) is 22.9. The molecule has 0 unspecified atom stereocenters. The van der Waals surface area contributed by atoms with Crippen molar-refractivity contribution in [3.8, 4) is 39.9 Å². The van der Waals surface area contributed by atoms with Crippen LogP contribution in [0, 0.1) is 6.92 Å². The second-order valence-electron chi connectivity index (χ2n) is 18.2. The van der Waals surface area contributed by atoms with Gasteiger partial charge < -0.3 is 4.74 Å². The van der Waals surface area contributed by atoms with Gasteiger partial charge in [-0.25, -0.2) is 22.8 Å². The molecule has 19 nitrogen and oxygen atoms in total. The summed E-state index contributed by atoms with van der Waals surface area (Å²) < 4.78 is 11.3. The van der Waals surface area contributed by atoms with Crippen LogP contribution in [0.4, 0.5) is 0 Å². The van der Waals surface area contributed by atoms with Gasteiger partial charge in [0, 0.05) is 7.05 Å². The van der Waals surface area contributed by atoms with Gasteiger partial charge in [-0.2, -0.15) is 0 Å². The predicted molar refractivity (Wildman–Crippen MR) is 281 cm³/mol. The molecule has 0 aliphatic rings. The van der Waals surface area contributed by atoms with E-state index in [9.17, 15) is 57.5 Å². The highest BCUT2D eigenvalue weighted by Gasteiger charge is 2.25. The first-order chi connectivity index (χ1) is 36.0. The zero-order valence-corrected chi connectivity index (χ0v) is 38.7. The topological polar surface area (TPSA) is 244 Å². The molecule has 0 spiro atoms. The Morgan fingerprint density at radius 3 is 0.760 bits per heavy atom. The molecular formula is C56H28N6O13. The largest absolute Gasteiger partial charge is 0.457 e. The van der Waals surface area contributed by atoms with E-state index in [1.54, 1.807) is 24.3 Å². The van der Waals surface area contributed by atoms with Gasteiger partial charge in [0.2, 0.25) is 0 Å². The molecule has 0 bridgehead atoms. The van der Waals surface area contributed by atoms with E-state index in [2.05, 4.69) is 0 Å². The Kier molecular flexibility index (Phi) is 9.03. The van der Waals surface area contributed by atoms with E-state index in [0.29, 0.717) is 11.4 Å². The lowest BCUT2D eigenvalue weighted by molar-refractivity contribution is 0.482. The second-order valence-corrected chi connectivity index (χ2v) is 18.2. The van der Waals surface area contributed by atoms with Gasteiger partial charge in [-0.15, -0.1) is 0 Å². The van der Waals surface area contributed by atoms with Crippen molar-refractivity contribution >= 4 is 64.6 Å². The summed E-state index contributed by atoms with van der Waals surface area (Å²) in [6.45, 7) is 1.85. The van der Waals surface area contributed by atoms with Crippen molar-refractivity contribution in [1.29, 1.82) is 0 Å². The highest BCUT2D eigenvalue weighted by Crippen LogP contribution is 2.26. The quantitative estimate of drug-likeness (QED) is 0.223. The van der Waals surface area contributed by atoms with Crippen LogP contribution in [0.3, 0.4) is 0 Å². The number of fused-ring (bicyclic) bond motifs is 6. The SMILES string of the molecule is Cc1ccc(-n2c(=O)c3cc4c(=O)n(-c5cccc(-n6c(=O)c7cc8c(=O)n(-c9ccc(Oc%10ccc(-n%11c(=O)c%12cc%13c(=O)n(C)c(=O)c%13cc%12c%11=O)cc%10)cc9)c(=O)c8cc7c6=O)c5)c(=O)c4cc3c2=O)cc1. The van der Waals surface area contributed by atoms with Gasteiger partial charge in [-0.05, 0) is 122 Å². The Balaban J connectivity index is 0.792. The van der Waals surface area contributed by atoms with Gasteiger partial charge in [0.05, 0.1) is 93.1 Å². The molecule has 7 aromatic carbocycles. The number of benzene rings is 7. The van der Waals surface area contributed by atoms with Crippen molar-refractivity contribution in [2.24, 2.45) is 7.05 Å². The maximum absolute atomic E-state index is 14.0. The number of hydrogen-bond donors (Lipinski definition) is 0. The van der Waals surface area contributed by atoms with Gasteiger partial charge in [-0.3, -0.25) is 62.1 Å². The average Bonchev–Trinajstić information content (AvgIpc) is 4.14. The van der Waals surface area contributed by atoms with E-state index in [1.807, 2.05) is 6.92 Å². The summed E-state index contributed by atoms with van der Waals surface area (Å²) in [5, 5.41) is -0.873. The van der Waals surface area contributed by atoms with Gasteiger partial charge in [-0.1, -0.05) is 23.8 Å². The Morgan fingerprint density at radius 1 is 0.267 bits per heavy atom. The molecule has 0 amide bonds. The smallest absolute Gasteiger partial charge is 0.266 e. The number of aryl methyl sites for hydroxylation is 1. The fourth-order valence-corrected chi connectivity index (χ4v) is 10.1. The number of ether oxygens (including phenoxy) is 1. The third-order valence-corrected chi connectivity index (χ3v) is 13.9. The van der Waals surface area contributed by atoms with Gasteiger partial charge in [0.1, 0.15) is 11.5 Å². The highest BCUT2D eigenvalue weighted by molar-refractivity contribution is 6.00. The monoisotopic (exact) mass is 992 g/mol. The molecule has 6 heterocycles. The minimum atomic E-state index is -0.840. The van der Waals surface area contributed by atoms with E-state index >= 15 is 0 Å². The summed E-state index contributed by atoms with van der Waals surface area (Å²) >= 11 is 0. The molecular weight excluding hydrogens is 965 g/mol.